The highest BCUT2D eigenvalue weighted by Gasteiger charge is 2.14. The Hall–Kier alpha value is -2.18. The van der Waals surface area contributed by atoms with Gasteiger partial charge in [0.25, 0.3) is 10.1 Å². The van der Waals surface area contributed by atoms with Crippen molar-refractivity contribution in [1.29, 1.82) is 0 Å². The minimum absolute atomic E-state index is 0.163. The first kappa shape index (κ1) is 23.1. The van der Waals surface area contributed by atoms with E-state index >= 15 is 0 Å². The Labute approximate surface area is 174 Å². The Morgan fingerprint density at radius 2 is 1.45 bits per heavy atom. The van der Waals surface area contributed by atoms with Crippen LogP contribution in [0, 0.1) is 6.92 Å². The van der Waals surface area contributed by atoms with Gasteiger partial charge in [-0.1, -0.05) is 73.7 Å². The zero-order valence-electron chi connectivity index (χ0n) is 17.0. The molecule has 0 fully saturated rings. The molecule has 2 aromatic carbocycles. The molecule has 0 bridgehead atoms. The van der Waals surface area contributed by atoms with E-state index in [4.69, 9.17) is 8.92 Å². The number of benzene rings is 2. The van der Waals surface area contributed by atoms with Gasteiger partial charge in [-0.05, 0) is 37.5 Å². The highest BCUT2D eigenvalue weighted by Crippen LogP contribution is 2.14. The molecule has 0 aromatic heterocycles. The maximum Gasteiger partial charge on any atom is 0.306 e. The van der Waals surface area contributed by atoms with Gasteiger partial charge in [-0.15, -0.1) is 0 Å². The van der Waals surface area contributed by atoms with Crippen molar-refractivity contribution in [2.24, 2.45) is 0 Å². The lowest BCUT2D eigenvalue weighted by Crippen LogP contribution is -2.07. The number of hydrogen-bond donors (Lipinski definition) is 0. The second-order valence-electron chi connectivity index (χ2n) is 7.11. The third-order valence-electron chi connectivity index (χ3n) is 4.57. The van der Waals surface area contributed by atoms with Crippen molar-refractivity contribution in [3.05, 3.63) is 65.7 Å². The average molecular weight is 419 g/mol. The number of carbonyl (C=O) groups is 1. The Morgan fingerprint density at radius 1 is 0.828 bits per heavy atom. The fraction of sp³-hybridized carbons (Fsp3) is 0.435. The molecule has 0 amide bonds. The van der Waals surface area contributed by atoms with E-state index in [2.05, 4.69) is 0 Å². The van der Waals surface area contributed by atoms with Gasteiger partial charge in [-0.3, -0.25) is 8.98 Å². The van der Waals surface area contributed by atoms with Crippen LogP contribution in [0.25, 0.3) is 0 Å². The van der Waals surface area contributed by atoms with Crippen LogP contribution < -0.4 is 0 Å². The lowest BCUT2D eigenvalue weighted by Gasteiger charge is -2.06. The summed E-state index contributed by atoms with van der Waals surface area (Å²) in [5, 5.41) is 0. The molecule has 2 aromatic rings. The molecule has 0 heterocycles. The normalized spacial score (nSPS) is 11.3. The van der Waals surface area contributed by atoms with Crippen LogP contribution >= 0.6 is 0 Å². The summed E-state index contributed by atoms with van der Waals surface area (Å²) in [6.07, 6.45) is 5.81. The van der Waals surface area contributed by atoms with Crippen LogP contribution in [0.4, 0.5) is 0 Å². The molecular weight excluding hydrogens is 388 g/mol. The molecule has 0 aliphatic carbocycles. The topological polar surface area (TPSA) is 69.7 Å². The molecule has 5 nitrogen and oxygen atoms in total. The maximum absolute atomic E-state index is 12.1. The molecular formula is C23H30O5S. The fourth-order valence-electron chi connectivity index (χ4n) is 2.83. The zero-order chi connectivity index (χ0) is 21.0. The van der Waals surface area contributed by atoms with E-state index < -0.39 is 10.1 Å². The Bertz CT molecular complexity index is 829. The summed E-state index contributed by atoms with van der Waals surface area (Å²) >= 11 is 0. The first-order valence-corrected chi connectivity index (χ1v) is 11.5. The summed E-state index contributed by atoms with van der Waals surface area (Å²) in [6, 6.07) is 16.3. The standard InChI is InChI=1S/C23H30O5S/c1-20-14-16-22(17-15-20)29(25,26)28-18-10-5-3-2-4-9-13-23(24)27-19-21-11-7-6-8-12-21/h6-8,11-12,14-17H,2-5,9-10,13,18-19H2,1H3. The van der Waals surface area contributed by atoms with Crippen molar-refractivity contribution in [1.82, 2.24) is 0 Å². The minimum atomic E-state index is -3.66. The highest BCUT2D eigenvalue weighted by atomic mass is 32.2. The third-order valence-corrected chi connectivity index (χ3v) is 5.89. The summed E-state index contributed by atoms with van der Waals surface area (Å²) in [5.74, 6) is -0.163. The average Bonchev–Trinajstić information content (AvgIpc) is 2.72. The van der Waals surface area contributed by atoms with E-state index in [9.17, 15) is 13.2 Å². The number of rotatable bonds is 13. The Kier molecular flexibility index (Phi) is 9.88. The van der Waals surface area contributed by atoms with E-state index in [0.29, 0.717) is 19.4 Å². The molecule has 0 spiro atoms. The molecule has 0 unspecified atom stereocenters. The molecule has 6 heteroatoms. The largest absolute Gasteiger partial charge is 0.461 e. The van der Waals surface area contributed by atoms with Crippen LogP contribution in [-0.4, -0.2) is 21.0 Å². The number of ether oxygens (including phenoxy) is 1. The minimum Gasteiger partial charge on any atom is -0.461 e. The predicted octanol–water partition coefficient (Wildman–Crippen LogP) is 5.17. The Morgan fingerprint density at radius 3 is 2.14 bits per heavy atom. The van der Waals surface area contributed by atoms with Gasteiger partial charge in [-0.2, -0.15) is 8.42 Å². The molecule has 158 valence electrons. The first-order chi connectivity index (χ1) is 14.0. The summed E-state index contributed by atoms with van der Waals surface area (Å²) in [7, 11) is -3.66. The molecule has 0 atom stereocenters. The molecule has 0 saturated heterocycles. The summed E-state index contributed by atoms with van der Waals surface area (Å²) in [5.41, 5.74) is 2.00. The van der Waals surface area contributed by atoms with Gasteiger partial charge >= 0.3 is 5.97 Å². The van der Waals surface area contributed by atoms with Crippen molar-refractivity contribution >= 4 is 16.1 Å². The summed E-state index contributed by atoms with van der Waals surface area (Å²) in [4.78, 5) is 11.9. The van der Waals surface area contributed by atoms with Gasteiger partial charge in [0.1, 0.15) is 6.61 Å². The molecule has 0 saturated carbocycles. The van der Waals surface area contributed by atoms with Gasteiger partial charge in [0.15, 0.2) is 0 Å². The van der Waals surface area contributed by atoms with Gasteiger partial charge in [0, 0.05) is 6.42 Å². The van der Waals surface area contributed by atoms with Crippen molar-refractivity contribution in [2.45, 2.75) is 63.4 Å². The molecule has 29 heavy (non-hydrogen) atoms. The zero-order valence-corrected chi connectivity index (χ0v) is 17.8. The second kappa shape index (κ2) is 12.4. The van der Waals surface area contributed by atoms with E-state index in [-0.39, 0.29) is 17.5 Å². The maximum atomic E-state index is 12.1. The lowest BCUT2D eigenvalue weighted by atomic mass is 10.1. The fourth-order valence-corrected chi connectivity index (χ4v) is 3.77. The molecule has 2 rings (SSSR count). The molecule has 0 aliphatic heterocycles. The van der Waals surface area contributed by atoms with Crippen LogP contribution in [0.15, 0.2) is 59.5 Å². The Balaban J connectivity index is 1.46. The van der Waals surface area contributed by atoms with E-state index in [1.165, 1.54) is 0 Å². The smallest absolute Gasteiger partial charge is 0.306 e. The first-order valence-electron chi connectivity index (χ1n) is 10.1. The van der Waals surface area contributed by atoms with Crippen LogP contribution in [0.2, 0.25) is 0 Å². The lowest BCUT2D eigenvalue weighted by molar-refractivity contribution is -0.145. The number of unbranched alkanes of at least 4 members (excludes halogenated alkanes) is 5. The quantitative estimate of drug-likeness (QED) is 0.255. The summed E-state index contributed by atoms with van der Waals surface area (Å²) < 4.78 is 34.5. The molecule has 0 radical (unpaired) electrons. The van der Waals surface area contributed by atoms with Crippen LogP contribution in [0.5, 0.6) is 0 Å². The van der Waals surface area contributed by atoms with Crippen molar-refractivity contribution in [2.75, 3.05) is 6.61 Å². The van der Waals surface area contributed by atoms with Crippen LogP contribution in [-0.2, 0) is 30.4 Å². The SMILES string of the molecule is Cc1ccc(S(=O)(=O)OCCCCCCCCC(=O)OCc2ccccc2)cc1. The molecule has 0 aliphatic rings. The highest BCUT2D eigenvalue weighted by molar-refractivity contribution is 7.86. The number of esters is 1. The molecule has 0 N–H and O–H groups in total. The van der Waals surface area contributed by atoms with Crippen LogP contribution in [0.1, 0.15) is 56.1 Å². The van der Waals surface area contributed by atoms with Gasteiger partial charge in [0.2, 0.25) is 0 Å². The van der Waals surface area contributed by atoms with Crippen molar-refractivity contribution in [3.8, 4) is 0 Å². The van der Waals surface area contributed by atoms with Gasteiger partial charge in [-0.25, -0.2) is 0 Å². The van der Waals surface area contributed by atoms with Crippen LogP contribution in [0.3, 0.4) is 0 Å². The van der Waals surface area contributed by atoms with E-state index in [1.54, 1.807) is 24.3 Å². The predicted molar refractivity (Wildman–Crippen MR) is 113 cm³/mol. The van der Waals surface area contributed by atoms with Gasteiger partial charge in [0.05, 0.1) is 11.5 Å². The van der Waals surface area contributed by atoms with Gasteiger partial charge < -0.3 is 4.74 Å². The van der Waals surface area contributed by atoms with Crippen molar-refractivity contribution in [3.63, 3.8) is 0 Å². The third kappa shape index (κ3) is 9.24. The number of aryl methyl sites for hydroxylation is 1. The second-order valence-corrected chi connectivity index (χ2v) is 8.72. The van der Waals surface area contributed by atoms with E-state index in [1.807, 2.05) is 37.3 Å². The van der Waals surface area contributed by atoms with Crippen molar-refractivity contribution < 1.29 is 22.1 Å². The summed E-state index contributed by atoms with van der Waals surface area (Å²) in [6.45, 7) is 2.43. The monoisotopic (exact) mass is 418 g/mol. The number of carbonyl (C=O) groups excluding carboxylic acids is 1. The number of hydrogen-bond acceptors (Lipinski definition) is 5. The van der Waals surface area contributed by atoms with E-state index in [0.717, 1.165) is 43.2 Å².